The molecule has 1 heterocycles. The number of rotatable bonds is 3. The van der Waals surface area contributed by atoms with Crippen LogP contribution in [0.5, 0.6) is 0 Å². The van der Waals surface area contributed by atoms with Crippen molar-refractivity contribution in [2.24, 2.45) is 7.05 Å². The third kappa shape index (κ3) is 2.33. The Morgan fingerprint density at radius 3 is 2.59 bits per heavy atom. The summed E-state index contributed by atoms with van der Waals surface area (Å²) in [6.45, 7) is 0.0160. The normalized spacial score (nSPS) is 10.8. The highest BCUT2D eigenvalue weighted by atomic mass is 35.5. The molecule has 5 heteroatoms. The number of hydrogen-bond donors (Lipinski definition) is 1. The van der Waals surface area contributed by atoms with E-state index in [1.807, 2.05) is 11.6 Å². The maximum Gasteiger partial charge on any atom is 0.151 e. The lowest BCUT2D eigenvalue weighted by molar-refractivity contribution is 0.297. The van der Waals surface area contributed by atoms with Gasteiger partial charge in [0.05, 0.1) is 5.69 Å². The minimum absolute atomic E-state index is 0.0160. The van der Waals surface area contributed by atoms with Gasteiger partial charge in [0, 0.05) is 25.6 Å². The van der Waals surface area contributed by atoms with Gasteiger partial charge in [-0.05, 0) is 24.3 Å². The van der Waals surface area contributed by atoms with Gasteiger partial charge < -0.3 is 9.67 Å². The van der Waals surface area contributed by atoms with E-state index in [0.717, 1.165) is 11.3 Å². The van der Waals surface area contributed by atoms with Crippen molar-refractivity contribution in [2.45, 2.75) is 6.42 Å². The first-order valence-electron chi connectivity index (χ1n) is 5.21. The number of benzene rings is 1. The Labute approximate surface area is 103 Å². The summed E-state index contributed by atoms with van der Waals surface area (Å²) < 4.78 is 14.6. The number of imidazole rings is 1. The molecule has 17 heavy (non-hydrogen) atoms. The van der Waals surface area contributed by atoms with Gasteiger partial charge in [-0.3, -0.25) is 0 Å². The van der Waals surface area contributed by atoms with E-state index >= 15 is 0 Å². The molecule has 0 atom stereocenters. The highest BCUT2D eigenvalue weighted by molar-refractivity contribution is 6.30. The molecule has 2 aromatic rings. The van der Waals surface area contributed by atoms with E-state index in [-0.39, 0.29) is 12.4 Å². The van der Waals surface area contributed by atoms with Gasteiger partial charge >= 0.3 is 0 Å². The molecule has 3 nitrogen and oxygen atoms in total. The Morgan fingerprint density at radius 1 is 1.35 bits per heavy atom. The van der Waals surface area contributed by atoms with Gasteiger partial charge in [-0.2, -0.15) is 0 Å². The number of aromatic nitrogens is 2. The van der Waals surface area contributed by atoms with E-state index in [4.69, 9.17) is 16.7 Å². The molecular weight excluding hydrogens is 243 g/mol. The van der Waals surface area contributed by atoms with Gasteiger partial charge in [0.25, 0.3) is 0 Å². The van der Waals surface area contributed by atoms with Crippen molar-refractivity contribution in [1.82, 2.24) is 9.55 Å². The number of hydrogen-bond acceptors (Lipinski definition) is 2. The van der Waals surface area contributed by atoms with E-state index in [2.05, 4.69) is 4.98 Å². The summed E-state index contributed by atoms with van der Waals surface area (Å²) in [7, 11) is 1.82. The van der Waals surface area contributed by atoms with Crippen LogP contribution in [0.2, 0.25) is 5.15 Å². The molecule has 0 fully saturated rings. The Morgan fingerprint density at radius 2 is 2.00 bits per heavy atom. The molecule has 0 bridgehead atoms. The maximum absolute atomic E-state index is 12.8. The molecule has 0 radical (unpaired) electrons. The fourth-order valence-corrected chi connectivity index (χ4v) is 2.03. The van der Waals surface area contributed by atoms with E-state index in [9.17, 15) is 4.39 Å². The summed E-state index contributed by atoms with van der Waals surface area (Å²) in [5, 5.41) is 9.31. The van der Waals surface area contributed by atoms with E-state index < -0.39 is 0 Å². The van der Waals surface area contributed by atoms with Crippen LogP contribution in [-0.2, 0) is 13.5 Å². The van der Waals surface area contributed by atoms with Gasteiger partial charge in [0.2, 0.25) is 0 Å². The highest BCUT2D eigenvalue weighted by Gasteiger charge is 2.13. The van der Waals surface area contributed by atoms with Crippen molar-refractivity contribution in [3.05, 3.63) is 40.9 Å². The van der Waals surface area contributed by atoms with Crippen LogP contribution in [0.3, 0.4) is 0 Å². The van der Waals surface area contributed by atoms with Crippen molar-refractivity contribution in [2.75, 3.05) is 6.61 Å². The molecule has 0 saturated carbocycles. The molecule has 0 saturated heterocycles. The molecule has 1 aromatic carbocycles. The molecule has 2 rings (SSSR count). The highest BCUT2D eigenvalue weighted by Crippen LogP contribution is 2.24. The summed E-state index contributed by atoms with van der Waals surface area (Å²) in [6.07, 6.45) is 0.448. The van der Waals surface area contributed by atoms with Gasteiger partial charge in [0.1, 0.15) is 11.6 Å². The van der Waals surface area contributed by atoms with Gasteiger partial charge in [-0.15, -0.1) is 0 Å². The quantitative estimate of drug-likeness (QED) is 0.914. The monoisotopic (exact) mass is 254 g/mol. The number of halogens is 2. The lowest BCUT2D eigenvalue weighted by Gasteiger charge is -2.04. The fraction of sp³-hybridized carbons (Fsp3) is 0.250. The van der Waals surface area contributed by atoms with Crippen LogP contribution in [0.4, 0.5) is 4.39 Å². The number of nitrogens with zero attached hydrogens (tertiary/aromatic N) is 2. The maximum atomic E-state index is 12.8. The topological polar surface area (TPSA) is 38.0 Å². The number of aliphatic hydroxyl groups is 1. The molecule has 0 spiro atoms. The zero-order chi connectivity index (χ0) is 12.4. The van der Waals surface area contributed by atoms with Crippen molar-refractivity contribution >= 4 is 11.6 Å². The Balaban J connectivity index is 2.46. The Hall–Kier alpha value is -1.39. The van der Waals surface area contributed by atoms with Crippen LogP contribution >= 0.6 is 11.6 Å². The molecular formula is C12H12ClFN2O. The molecule has 90 valence electrons. The molecule has 0 aliphatic heterocycles. The first-order valence-corrected chi connectivity index (χ1v) is 5.59. The van der Waals surface area contributed by atoms with Crippen molar-refractivity contribution in [1.29, 1.82) is 0 Å². The van der Waals surface area contributed by atoms with Gasteiger partial charge in [0.15, 0.2) is 5.15 Å². The molecule has 0 unspecified atom stereocenters. The first-order chi connectivity index (χ1) is 8.13. The predicted octanol–water partition coefficient (Wildman–Crippen LogP) is 2.41. The number of aliphatic hydroxyl groups excluding tert-OH is 1. The van der Waals surface area contributed by atoms with Crippen molar-refractivity contribution in [3.8, 4) is 11.4 Å². The molecule has 0 amide bonds. The van der Waals surface area contributed by atoms with Crippen molar-refractivity contribution < 1.29 is 9.50 Å². The summed E-state index contributed by atoms with van der Waals surface area (Å²) in [5.41, 5.74) is 1.56. The minimum atomic E-state index is -0.287. The van der Waals surface area contributed by atoms with Crippen LogP contribution < -0.4 is 0 Å². The van der Waals surface area contributed by atoms with E-state index in [0.29, 0.717) is 17.4 Å². The third-order valence-electron chi connectivity index (χ3n) is 2.62. The Bertz CT molecular complexity index is 522. The molecule has 0 aliphatic rings. The van der Waals surface area contributed by atoms with Crippen LogP contribution in [0.25, 0.3) is 11.4 Å². The van der Waals surface area contributed by atoms with Crippen LogP contribution in [0.15, 0.2) is 24.3 Å². The summed E-state index contributed by atoms with van der Waals surface area (Å²) in [4.78, 5) is 4.22. The smallest absolute Gasteiger partial charge is 0.151 e. The average molecular weight is 255 g/mol. The SMILES string of the molecule is Cn1c(-c2ccc(F)cc2)nc(Cl)c1CCO. The second kappa shape index (κ2) is 4.85. The zero-order valence-electron chi connectivity index (χ0n) is 9.32. The van der Waals surface area contributed by atoms with Crippen molar-refractivity contribution in [3.63, 3.8) is 0 Å². The summed E-state index contributed by atoms with van der Waals surface area (Å²) in [6, 6.07) is 6.06. The molecule has 1 aromatic heterocycles. The average Bonchev–Trinajstić information content (AvgIpc) is 2.59. The second-order valence-corrected chi connectivity index (χ2v) is 4.07. The Kier molecular flexibility index (Phi) is 3.45. The predicted molar refractivity (Wildman–Crippen MR) is 64.4 cm³/mol. The summed E-state index contributed by atoms with van der Waals surface area (Å²) in [5.74, 6) is 0.378. The standard InChI is InChI=1S/C12H12ClFN2O/c1-16-10(6-7-17)11(13)15-12(16)8-2-4-9(14)5-3-8/h2-5,17H,6-7H2,1H3. The van der Waals surface area contributed by atoms with Crippen LogP contribution in [0, 0.1) is 5.82 Å². The molecule has 0 aliphatic carbocycles. The lowest BCUT2D eigenvalue weighted by atomic mass is 10.2. The zero-order valence-corrected chi connectivity index (χ0v) is 10.1. The fourth-order valence-electron chi connectivity index (χ4n) is 1.73. The van der Waals surface area contributed by atoms with Gasteiger partial charge in [-0.25, -0.2) is 9.37 Å². The van der Waals surface area contributed by atoms with Crippen LogP contribution in [0.1, 0.15) is 5.69 Å². The lowest BCUT2D eigenvalue weighted by Crippen LogP contribution is -2.01. The van der Waals surface area contributed by atoms with E-state index in [1.54, 1.807) is 12.1 Å². The minimum Gasteiger partial charge on any atom is -0.396 e. The van der Waals surface area contributed by atoms with Gasteiger partial charge in [-0.1, -0.05) is 11.6 Å². The third-order valence-corrected chi connectivity index (χ3v) is 2.92. The summed E-state index contributed by atoms with van der Waals surface area (Å²) >= 11 is 5.99. The second-order valence-electron chi connectivity index (χ2n) is 3.71. The largest absolute Gasteiger partial charge is 0.396 e. The molecule has 1 N–H and O–H groups in total. The first kappa shape index (κ1) is 12.1. The van der Waals surface area contributed by atoms with Crippen LogP contribution in [-0.4, -0.2) is 21.3 Å². The van der Waals surface area contributed by atoms with E-state index in [1.165, 1.54) is 12.1 Å².